The van der Waals surface area contributed by atoms with Crippen LogP contribution >= 0.6 is 0 Å². The van der Waals surface area contributed by atoms with Crippen molar-refractivity contribution in [3.63, 3.8) is 0 Å². The first-order chi connectivity index (χ1) is 8.67. The predicted molar refractivity (Wildman–Crippen MR) is 80.2 cm³/mol. The maximum atomic E-state index is 4.39. The zero-order valence-corrected chi connectivity index (χ0v) is 13.2. The topological polar surface area (TPSA) is 42.7 Å². The normalized spacial score (nSPS) is 15.5. The first-order valence-electron chi connectivity index (χ1n) is 6.94. The summed E-state index contributed by atoms with van der Waals surface area (Å²) in [6, 6.07) is 0.335. The van der Waals surface area contributed by atoms with E-state index in [-0.39, 0.29) is 11.0 Å². The minimum atomic E-state index is -0.0209. The molecule has 0 bridgehead atoms. The Balaban J connectivity index is 2.80. The van der Waals surface area contributed by atoms with E-state index in [4.69, 9.17) is 0 Å². The quantitative estimate of drug-likeness (QED) is 0.803. The van der Waals surface area contributed by atoms with Crippen molar-refractivity contribution < 1.29 is 0 Å². The third-order valence-electron chi connectivity index (χ3n) is 3.21. The molecule has 0 amide bonds. The maximum absolute atomic E-state index is 4.39. The molecular weight excluding hydrogens is 236 g/mol. The lowest BCUT2D eigenvalue weighted by Crippen LogP contribution is -2.43. The number of aromatic nitrogens is 3. The van der Waals surface area contributed by atoms with Crippen LogP contribution < -0.4 is 5.32 Å². The van der Waals surface area contributed by atoms with Gasteiger partial charge in [-0.05, 0) is 34.6 Å². The molecule has 4 nitrogen and oxygen atoms in total. The predicted octanol–water partition coefficient (Wildman–Crippen LogP) is 2.98. The number of nitrogens with zero attached hydrogens (tertiary/aromatic N) is 3. The van der Waals surface area contributed by atoms with Gasteiger partial charge in [0, 0.05) is 30.0 Å². The maximum Gasteiger partial charge on any atom is 0.138 e. The zero-order valence-electron chi connectivity index (χ0n) is 13.2. The van der Waals surface area contributed by atoms with Crippen LogP contribution in [0.15, 0.2) is 19.0 Å². The molecule has 1 unspecified atom stereocenters. The van der Waals surface area contributed by atoms with Gasteiger partial charge in [-0.1, -0.05) is 13.0 Å². The van der Waals surface area contributed by atoms with Crippen LogP contribution in [0.25, 0.3) is 0 Å². The number of hydrogen-bond acceptors (Lipinski definition) is 3. The van der Waals surface area contributed by atoms with Crippen molar-refractivity contribution >= 4 is 0 Å². The molecule has 1 aromatic rings. The fraction of sp³-hybridized carbons (Fsp3) is 0.733. The molecule has 1 aromatic heterocycles. The highest BCUT2D eigenvalue weighted by Crippen LogP contribution is 2.24. The summed E-state index contributed by atoms with van der Waals surface area (Å²) in [5, 5.41) is 7.84. The highest BCUT2D eigenvalue weighted by atomic mass is 15.3. The highest BCUT2D eigenvalue weighted by Gasteiger charge is 2.26. The molecule has 0 aliphatic heterocycles. The van der Waals surface area contributed by atoms with Crippen LogP contribution in [-0.2, 0) is 6.42 Å². The van der Waals surface area contributed by atoms with Gasteiger partial charge in [-0.3, -0.25) is 0 Å². The Labute approximate surface area is 117 Å². The summed E-state index contributed by atoms with van der Waals surface area (Å²) in [5.74, 6) is 1.02. The molecule has 0 saturated carbocycles. The zero-order chi connectivity index (χ0) is 14.7. The molecule has 1 rings (SSSR count). The van der Waals surface area contributed by atoms with Gasteiger partial charge < -0.3 is 5.32 Å². The molecule has 0 saturated heterocycles. The van der Waals surface area contributed by atoms with Gasteiger partial charge in [-0.2, -0.15) is 5.10 Å². The van der Waals surface area contributed by atoms with Crippen LogP contribution in [0.3, 0.4) is 0 Å². The van der Waals surface area contributed by atoms with E-state index in [0.29, 0.717) is 6.04 Å². The van der Waals surface area contributed by atoms with Crippen LogP contribution in [0.1, 0.15) is 53.4 Å². The van der Waals surface area contributed by atoms with Crippen LogP contribution in [0.5, 0.6) is 0 Å². The SMILES string of the molecule is C=CC(C)(CNC(C)(C)C)Cc1ncnn1C(C)C. The van der Waals surface area contributed by atoms with E-state index >= 15 is 0 Å². The minimum Gasteiger partial charge on any atom is -0.311 e. The van der Waals surface area contributed by atoms with Gasteiger partial charge >= 0.3 is 0 Å². The summed E-state index contributed by atoms with van der Waals surface area (Å²) in [6.07, 6.45) is 4.50. The fourth-order valence-corrected chi connectivity index (χ4v) is 1.87. The molecule has 4 heteroatoms. The van der Waals surface area contributed by atoms with Crippen molar-refractivity contribution in [2.45, 2.75) is 59.5 Å². The van der Waals surface area contributed by atoms with Crippen molar-refractivity contribution in [1.82, 2.24) is 20.1 Å². The Morgan fingerprint density at radius 2 is 2.00 bits per heavy atom. The molecule has 0 spiro atoms. The first kappa shape index (κ1) is 15.9. The van der Waals surface area contributed by atoms with E-state index < -0.39 is 0 Å². The average molecular weight is 264 g/mol. The van der Waals surface area contributed by atoms with Crippen molar-refractivity contribution in [3.05, 3.63) is 24.8 Å². The van der Waals surface area contributed by atoms with Gasteiger partial charge in [0.1, 0.15) is 12.2 Å². The van der Waals surface area contributed by atoms with E-state index in [9.17, 15) is 0 Å². The molecule has 0 aliphatic carbocycles. The van der Waals surface area contributed by atoms with Crippen molar-refractivity contribution in [2.24, 2.45) is 5.41 Å². The van der Waals surface area contributed by atoms with Gasteiger partial charge in [0.15, 0.2) is 0 Å². The third kappa shape index (κ3) is 4.78. The summed E-state index contributed by atoms with van der Waals surface area (Å²) in [5.41, 5.74) is 0.0863. The van der Waals surface area contributed by atoms with Crippen LogP contribution in [0, 0.1) is 5.41 Å². The Hall–Kier alpha value is -1.16. The van der Waals surface area contributed by atoms with E-state index in [2.05, 4.69) is 63.5 Å². The van der Waals surface area contributed by atoms with Crippen molar-refractivity contribution in [1.29, 1.82) is 0 Å². The van der Waals surface area contributed by atoms with E-state index in [1.54, 1.807) is 6.33 Å². The minimum absolute atomic E-state index is 0.0209. The lowest BCUT2D eigenvalue weighted by molar-refractivity contribution is 0.312. The molecule has 0 aliphatic rings. The smallest absolute Gasteiger partial charge is 0.138 e. The molecule has 108 valence electrons. The van der Waals surface area contributed by atoms with E-state index in [1.165, 1.54) is 0 Å². The largest absolute Gasteiger partial charge is 0.311 e. The van der Waals surface area contributed by atoms with Crippen LogP contribution in [0.2, 0.25) is 0 Å². The Morgan fingerprint density at radius 3 is 2.47 bits per heavy atom. The molecule has 1 atom stereocenters. The summed E-state index contributed by atoms with van der Waals surface area (Å²) in [7, 11) is 0. The summed E-state index contributed by atoms with van der Waals surface area (Å²) >= 11 is 0. The molecule has 1 heterocycles. The van der Waals surface area contributed by atoms with Gasteiger partial charge in [0.25, 0.3) is 0 Å². The van der Waals surface area contributed by atoms with Crippen LogP contribution in [-0.4, -0.2) is 26.8 Å². The summed E-state index contributed by atoms with van der Waals surface area (Å²) in [4.78, 5) is 4.39. The Bertz CT molecular complexity index is 414. The molecule has 0 radical (unpaired) electrons. The summed E-state index contributed by atoms with van der Waals surface area (Å²) in [6.45, 7) is 17.8. The average Bonchev–Trinajstić information content (AvgIpc) is 2.73. The highest BCUT2D eigenvalue weighted by molar-refractivity contribution is 5.02. The molecule has 19 heavy (non-hydrogen) atoms. The number of hydrogen-bond donors (Lipinski definition) is 1. The number of rotatable bonds is 6. The van der Waals surface area contributed by atoms with E-state index in [0.717, 1.165) is 18.8 Å². The lowest BCUT2D eigenvalue weighted by atomic mass is 9.85. The molecular formula is C15H28N4. The fourth-order valence-electron chi connectivity index (χ4n) is 1.87. The second-order valence-corrected chi connectivity index (χ2v) is 6.85. The van der Waals surface area contributed by atoms with Gasteiger partial charge in [0.05, 0.1) is 0 Å². The van der Waals surface area contributed by atoms with Crippen molar-refractivity contribution in [2.75, 3.05) is 6.54 Å². The van der Waals surface area contributed by atoms with Gasteiger partial charge in [-0.25, -0.2) is 9.67 Å². The third-order valence-corrected chi connectivity index (χ3v) is 3.21. The Kier molecular flexibility index (Phi) is 4.91. The first-order valence-corrected chi connectivity index (χ1v) is 6.94. The molecule has 0 aromatic carbocycles. The van der Waals surface area contributed by atoms with Crippen LogP contribution in [0.4, 0.5) is 0 Å². The van der Waals surface area contributed by atoms with Gasteiger partial charge in [-0.15, -0.1) is 6.58 Å². The lowest BCUT2D eigenvalue weighted by Gasteiger charge is -2.31. The monoisotopic (exact) mass is 264 g/mol. The van der Waals surface area contributed by atoms with Crippen molar-refractivity contribution in [3.8, 4) is 0 Å². The summed E-state index contributed by atoms with van der Waals surface area (Å²) < 4.78 is 1.98. The second-order valence-electron chi connectivity index (χ2n) is 6.85. The Morgan fingerprint density at radius 1 is 1.37 bits per heavy atom. The standard InChI is InChI=1S/C15H28N4/c1-8-15(7,10-17-14(4,5)6)9-13-16-11-18-19(13)12(2)3/h8,11-12,17H,1,9-10H2,2-7H3. The van der Waals surface area contributed by atoms with E-state index in [1.807, 2.05) is 10.8 Å². The second kappa shape index (κ2) is 5.87. The molecule has 0 fully saturated rings. The number of nitrogens with one attached hydrogen (secondary N) is 1. The molecule has 1 N–H and O–H groups in total. The van der Waals surface area contributed by atoms with Gasteiger partial charge in [0.2, 0.25) is 0 Å².